The number of hydrogen-bond donors (Lipinski definition) is 2. The van der Waals surface area contributed by atoms with Gasteiger partial charge in [0.2, 0.25) is 0 Å². The Labute approximate surface area is 154 Å². The van der Waals surface area contributed by atoms with Gasteiger partial charge < -0.3 is 10.4 Å². The molecule has 0 fully saturated rings. The van der Waals surface area contributed by atoms with E-state index in [1.807, 2.05) is 12.1 Å². The quantitative estimate of drug-likeness (QED) is 0.709. The summed E-state index contributed by atoms with van der Waals surface area (Å²) in [5, 5.41) is 23.4. The Bertz CT molecular complexity index is 1100. The van der Waals surface area contributed by atoms with E-state index in [1.54, 1.807) is 37.3 Å². The highest BCUT2D eigenvalue weighted by Crippen LogP contribution is 2.24. The molecule has 2 N–H and O–H groups in total. The average Bonchev–Trinajstić information content (AvgIpc) is 2.61. The van der Waals surface area contributed by atoms with Crippen LogP contribution in [0.4, 0.5) is 5.69 Å². The summed E-state index contributed by atoms with van der Waals surface area (Å²) in [7, 11) is 0. The number of amides is 1. The Balaban J connectivity index is 1.97. The van der Waals surface area contributed by atoms with Crippen LogP contribution in [0.5, 0.6) is 0 Å². The molecule has 1 amide bonds. The molecule has 0 aliphatic carbocycles. The van der Waals surface area contributed by atoms with Gasteiger partial charge in [-0.15, -0.1) is 0 Å². The van der Waals surface area contributed by atoms with Gasteiger partial charge in [0.05, 0.1) is 22.9 Å². The largest absolute Gasteiger partial charge is 0.478 e. The molecule has 5 nitrogen and oxygen atoms in total. The highest BCUT2D eigenvalue weighted by molar-refractivity contribution is 6.31. The summed E-state index contributed by atoms with van der Waals surface area (Å²) in [4.78, 5) is 24.0. The molecule has 3 rings (SSSR count). The van der Waals surface area contributed by atoms with Gasteiger partial charge in [-0.1, -0.05) is 23.7 Å². The fourth-order valence-electron chi connectivity index (χ4n) is 2.66. The average molecular weight is 365 g/mol. The topological polar surface area (TPSA) is 90.2 Å². The Morgan fingerprint density at radius 1 is 1.08 bits per heavy atom. The van der Waals surface area contributed by atoms with Crippen molar-refractivity contribution < 1.29 is 14.7 Å². The smallest absolute Gasteiger partial charge is 0.337 e. The third-order valence-corrected chi connectivity index (χ3v) is 4.26. The number of hydrogen-bond acceptors (Lipinski definition) is 3. The fraction of sp³-hybridized carbons (Fsp3) is 0.0500. The molecule has 128 valence electrons. The summed E-state index contributed by atoms with van der Waals surface area (Å²) in [5.74, 6) is -1.65. The molecule has 0 bridgehead atoms. The van der Waals surface area contributed by atoms with Crippen molar-refractivity contribution in [3.05, 3.63) is 75.8 Å². The van der Waals surface area contributed by atoms with Crippen LogP contribution in [0.3, 0.4) is 0 Å². The van der Waals surface area contributed by atoms with Crippen molar-refractivity contribution in [3.8, 4) is 6.07 Å². The van der Waals surface area contributed by atoms with E-state index in [0.29, 0.717) is 16.1 Å². The van der Waals surface area contributed by atoms with Gasteiger partial charge >= 0.3 is 5.97 Å². The van der Waals surface area contributed by atoms with Crippen LogP contribution in [-0.4, -0.2) is 17.0 Å². The van der Waals surface area contributed by atoms with E-state index in [0.717, 1.165) is 10.8 Å². The van der Waals surface area contributed by atoms with Crippen LogP contribution in [0.1, 0.15) is 31.8 Å². The maximum Gasteiger partial charge on any atom is 0.337 e. The number of halogens is 1. The van der Waals surface area contributed by atoms with Crippen molar-refractivity contribution in [2.45, 2.75) is 6.92 Å². The molecule has 0 aliphatic rings. The van der Waals surface area contributed by atoms with Gasteiger partial charge in [-0.05, 0) is 59.7 Å². The normalized spacial score (nSPS) is 10.3. The number of carbonyl (C=O) groups is 2. The third kappa shape index (κ3) is 3.37. The van der Waals surface area contributed by atoms with Gasteiger partial charge in [-0.3, -0.25) is 4.79 Å². The van der Waals surface area contributed by atoms with Crippen molar-refractivity contribution in [1.82, 2.24) is 0 Å². The first-order valence-corrected chi connectivity index (χ1v) is 8.05. The molecule has 0 atom stereocenters. The van der Waals surface area contributed by atoms with E-state index in [9.17, 15) is 14.7 Å². The number of carbonyl (C=O) groups excluding carboxylic acids is 1. The minimum atomic E-state index is -1.22. The molecule has 3 aromatic rings. The number of carboxylic acids is 1. The number of rotatable bonds is 3. The lowest BCUT2D eigenvalue weighted by Crippen LogP contribution is -2.15. The van der Waals surface area contributed by atoms with Crippen LogP contribution < -0.4 is 5.32 Å². The predicted octanol–water partition coefficient (Wildman–Crippen LogP) is 4.62. The number of nitrogens with one attached hydrogen (secondary N) is 1. The van der Waals surface area contributed by atoms with Crippen molar-refractivity contribution in [1.29, 1.82) is 5.26 Å². The second-order valence-electron chi connectivity index (χ2n) is 5.79. The fourth-order valence-corrected chi connectivity index (χ4v) is 2.84. The van der Waals surface area contributed by atoms with Crippen molar-refractivity contribution in [2.75, 3.05) is 5.32 Å². The van der Waals surface area contributed by atoms with E-state index < -0.39 is 11.9 Å². The summed E-state index contributed by atoms with van der Waals surface area (Å²) in [6, 6.07) is 15.2. The Morgan fingerprint density at radius 3 is 2.46 bits per heavy atom. The Morgan fingerprint density at radius 2 is 1.77 bits per heavy atom. The predicted molar refractivity (Wildman–Crippen MR) is 99.8 cm³/mol. The highest BCUT2D eigenvalue weighted by Gasteiger charge is 2.16. The number of aryl methyl sites for hydroxylation is 1. The van der Waals surface area contributed by atoms with E-state index in [-0.39, 0.29) is 16.8 Å². The SMILES string of the molecule is Cc1cc(NC(=O)c2ccc3cc(Cl)ccc3c2)c(C(=O)O)cc1C#N. The van der Waals surface area contributed by atoms with Gasteiger partial charge in [0.15, 0.2) is 0 Å². The molecule has 0 heterocycles. The van der Waals surface area contributed by atoms with E-state index >= 15 is 0 Å². The molecule has 0 radical (unpaired) electrons. The van der Waals surface area contributed by atoms with Crippen molar-refractivity contribution in [3.63, 3.8) is 0 Å². The molecular formula is C20H13ClN2O3. The van der Waals surface area contributed by atoms with Crippen LogP contribution in [-0.2, 0) is 0 Å². The van der Waals surface area contributed by atoms with Gasteiger partial charge in [-0.2, -0.15) is 5.26 Å². The molecule has 26 heavy (non-hydrogen) atoms. The molecule has 0 spiro atoms. The van der Waals surface area contributed by atoms with Gasteiger partial charge in [0.25, 0.3) is 5.91 Å². The minimum absolute atomic E-state index is 0.131. The van der Waals surface area contributed by atoms with Crippen LogP contribution in [0.2, 0.25) is 5.02 Å². The molecular weight excluding hydrogens is 352 g/mol. The molecule has 0 saturated carbocycles. The monoisotopic (exact) mass is 364 g/mol. The lowest BCUT2D eigenvalue weighted by Gasteiger charge is -2.11. The summed E-state index contributed by atoms with van der Waals surface area (Å²) < 4.78 is 0. The number of nitrogens with zero attached hydrogens (tertiary/aromatic N) is 1. The molecule has 3 aromatic carbocycles. The van der Waals surface area contributed by atoms with Crippen LogP contribution in [0, 0.1) is 18.3 Å². The summed E-state index contributed by atoms with van der Waals surface area (Å²) >= 11 is 5.96. The zero-order chi connectivity index (χ0) is 18.8. The number of carboxylic acid groups (broad SMARTS) is 1. The molecule has 0 aliphatic heterocycles. The zero-order valence-corrected chi connectivity index (χ0v) is 14.5. The molecule has 0 saturated heterocycles. The van der Waals surface area contributed by atoms with Crippen LogP contribution in [0.15, 0.2) is 48.5 Å². The first-order valence-electron chi connectivity index (χ1n) is 7.68. The summed E-state index contributed by atoms with van der Waals surface area (Å²) in [6.45, 7) is 1.68. The lowest BCUT2D eigenvalue weighted by atomic mass is 10.0. The molecule has 6 heteroatoms. The number of nitriles is 1. The zero-order valence-electron chi connectivity index (χ0n) is 13.7. The van der Waals surface area contributed by atoms with Gasteiger partial charge in [0.1, 0.15) is 0 Å². The molecule has 0 unspecified atom stereocenters. The third-order valence-electron chi connectivity index (χ3n) is 4.03. The number of anilines is 1. The first-order chi connectivity index (χ1) is 12.4. The van der Waals surface area contributed by atoms with E-state index in [1.165, 1.54) is 12.1 Å². The van der Waals surface area contributed by atoms with Gasteiger partial charge in [-0.25, -0.2) is 4.79 Å². The van der Waals surface area contributed by atoms with E-state index in [2.05, 4.69) is 5.32 Å². The van der Waals surface area contributed by atoms with Gasteiger partial charge in [0, 0.05) is 10.6 Å². The van der Waals surface area contributed by atoms with Crippen molar-refractivity contribution in [2.24, 2.45) is 0 Å². The van der Waals surface area contributed by atoms with Crippen LogP contribution >= 0.6 is 11.6 Å². The minimum Gasteiger partial charge on any atom is -0.478 e. The number of aromatic carboxylic acids is 1. The second kappa shape index (κ2) is 6.87. The van der Waals surface area contributed by atoms with Crippen LogP contribution in [0.25, 0.3) is 10.8 Å². The first kappa shape index (κ1) is 17.5. The van der Waals surface area contributed by atoms with E-state index in [4.69, 9.17) is 16.9 Å². The summed E-state index contributed by atoms with van der Waals surface area (Å²) in [6.07, 6.45) is 0. The Hall–Kier alpha value is -3.36. The highest BCUT2D eigenvalue weighted by atomic mass is 35.5. The standard InChI is InChI=1S/C20H13ClN2O3/c1-11-6-18(17(20(25)26)9-15(11)10-22)23-19(24)14-3-2-13-8-16(21)5-4-12(13)7-14/h2-9H,1H3,(H,23,24)(H,25,26). The maximum absolute atomic E-state index is 12.6. The Kier molecular flexibility index (Phi) is 4.61. The number of fused-ring (bicyclic) bond motifs is 1. The number of benzene rings is 3. The maximum atomic E-state index is 12.6. The molecule has 0 aromatic heterocycles. The van der Waals surface area contributed by atoms with Crippen molar-refractivity contribution >= 4 is 39.9 Å². The second-order valence-corrected chi connectivity index (χ2v) is 6.23. The summed E-state index contributed by atoms with van der Waals surface area (Å²) in [5.41, 5.74) is 1.24. The lowest BCUT2D eigenvalue weighted by molar-refractivity contribution is 0.0698.